The van der Waals surface area contributed by atoms with E-state index in [0.717, 1.165) is 0 Å². The average molecular weight is 597 g/mol. The molecule has 232 valence electrons. The Balaban J connectivity index is 3.67. The zero-order chi connectivity index (χ0) is 31.7. The number of ether oxygens (including phenoxy) is 5. The second-order valence-electron chi connectivity index (χ2n) is 12.0. The van der Waals surface area contributed by atoms with Crippen LogP contribution < -0.4 is 0 Å². The number of carbonyl (C=O) groups excluding carboxylic acids is 3. The summed E-state index contributed by atoms with van der Waals surface area (Å²) in [5, 5.41) is 0. The van der Waals surface area contributed by atoms with Crippen LogP contribution in [-0.4, -0.2) is 59.1 Å². The number of halogens is 7. The van der Waals surface area contributed by atoms with Gasteiger partial charge in [0.1, 0.15) is 22.9 Å². The van der Waals surface area contributed by atoms with Crippen molar-refractivity contribution in [2.75, 3.05) is 0 Å². The van der Waals surface area contributed by atoms with Gasteiger partial charge in [-0.3, -0.25) is 0 Å². The second kappa shape index (κ2) is 11.6. The van der Waals surface area contributed by atoms with Crippen LogP contribution in [0.3, 0.4) is 0 Å². The molecule has 0 N–H and O–H groups in total. The second-order valence-corrected chi connectivity index (χ2v) is 12.0. The molecule has 0 aliphatic heterocycles. The van der Waals surface area contributed by atoms with Gasteiger partial charge in [-0.25, -0.2) is 14.4 Å². The number of rotatable bonds is 6. The first-order valence-electron chi connectivity index (χ1n) is 12.1. The molecule has 0 amide bonds. The van der Waals surface area contributed by atoms with Crippen molar-refractivity contribution in [3.8, 4) is 0 Å². The SMILES string of the molecule is C=C(F)C(=O)OC1CC(C(C)(C)OC(=O)OC(C)(C)C)CC(C(OC(=O)OC(C)(C)C)(C(F)(F)F)C(F)(F)F)C1. The largest absolute Gasteiger partial charge is 0.510 e. The monoisotopic (exact) mass is 596 g/mol. The van der Waals surface area contributed by atoms with Gasteiger partial charge in [0.25, 0.3) is 0 Å². The van der Waals surface area contributed by atoms with Gasteiger partial charge in [-0.05, 0) is 74.7 Å². The highest BCUT2D eigenvalue weighted by Crippen LogP contribution is 2.56. The fourth-order valence-electron chi connectivity index (χ4n) is 4.27. The number of hydrogen-bond acceptors (Lipinski definition) is 8. The van der Waals surface area contributed by atoms with Crippen LogP contribution in [-0.2, 0) is 28.5 Å². The van der Waals surface area contributed by atoms with Gasteiger partial charge in [-0.1, -0.05) is 6.58 Å². The minimum Gasteiger partial charge on any atom is -0.457 e. The molecule has 15 heteroatoms. The molecule has 0 spiro atoms. The molecule has 0 saturated heterocycles. The summed E-state index contributed by atoms with van der Waals surface area (Å²) >= 11 is 0. The van der Waals surface area contributed by atoms with Crippen LogP contribution in [0, 0.1) is 11.8 Å². The van der Waals surface area contributed by atoms with Crippen LogP contribution in [0.1, 0.15) is 74.7 Å². The van der Waals surface area contributed by atoms with Crippen molar-refractivity contribution in [1.29, 1.82) is 0 Å². The minimum atomic E-state index is -6.25. The summed E-state index contributed by atoms with van der Waals surface area (Å²) in [6, 6.07) is 0. The van der Waals surface area contributed by atoms with Gasteiger partial charge in [0.2, 0.25) is 5.83 Å². The molecule has 0 aromatic heterocycles. The van der Waals surface area contributed by atoms with Crippen molar-refractivity contribution < 1.29 is 68.8 Å². The molecule has 40 heavy (non-hydrogen) atoms. The molecular formula is C25H35F7O8. The highest BCUT2D eigenvalue weighted by molar-refractivity contribution is 5.85. The van der Waals surface area contributed by atoms with Gasteiger partial charge in [0.15, 0.2) is 0 Å². The number of alkyl halides is 6. The Kier molecular flexibility index (Phi) is 10.3. The van der Waals surface area contributed by atoms with E-state index in [1.807, 2.05) is 0 Å². The molecule has 1 aliphatic carbocycles. The topological polar surface area (TPSA) is 97.4 Å². The molecule has 3 atom stereocenters. The quantitative estimate of drug-likeness (QED) is 0.136. The summed E-state index contributed by atoms with van der Waals surface area (Å²) < 4.78 is 124. The third kappa shape index (κ3) is 9.15. The van der Waals surface area contributed by atoms with E-state index in [1.165, 1.54) is 55.4 Å². The zero-order valence-electron chi connectivity index (χ0n) is 23.5. The summed E-state index contributed by atoms with van der Waals surface area (Å²) in [6.45, 7) is 13.2. The first kappa shape index (κ1) is 35.3. The van der Waals surface area contributed by atoms with E-state index in [2.05, 4.69) is 16.1 Å². The molecule has 0 heterocycles. The number of carbonyl (C=O) groups is 3. The molecule has 0 bridgehead atoms. The van der Waals surface area contributed by atoms with E-state index in [1.54, 1.807) is 0 Å². The third-order valence-electron chi connectivity index (χ3n) is 5.93. The molecule has 3 unspecified atom stereocenters. The maximum Gasteiger partial charge on any atom is 0.510 e. The van der Waals surface area contributed by atoms with E-state index in [4.69, 9.17) is 14.2 Å². The van der Waals surface area contributed by atoms with Crippen LogP contribution in [0.4, 0.5) is 40.3 Å². The number of hydrogen-bond donors (Lipinski definition) is 0. The van der Waals surface area contributed by atoms with Crippen LogP contribution in [0.5, 0.6) is 0 Å². The van der Waals surface area contributed by atoms with Crippen molar-refractivity contribution in [1.82, 2.24) is 0 Å². The lowest BCUT2D eigenvalue weighted by Crippen LogP contribution is -2.66. The van der Waals surface area contributed by atoms with E-state index in [0.29, 0.717) is 0 Å². The Labute approximate surface area is 227 Å². The van der Waals surface area contributed by atoms with E-state index in [9.17, 15) is 45.1 Å². The normalized spacial score (nSPS) is 21.2. The van der Waals surface area contributed by atoms with Gasteiger partial charge in [0.05, 0.1) is 0 Å². The standard InChI is InChI=1S/C25H35F7O8/c1-13(26)17(33)36-16-11-14(22(8,9)39-18(34)37-20(2,3)4)10-15(12-16)23(24(27,28)29,25(30,31)32)40-19(35)38-21(5,6)7/h14-16H,1,10-12H2,2-9H3. The molecule has 0 radical (unpaired) electrons. The van der Waals surface area contributed by atoms with Gasteiger partial charge in [0, 0.05) is 11.8 Å². The Morgan fingerprint density at radius 2 is 1.05 bits per heavy atom. The van der Waals surface area contributed by atoms with E-state index < -0.39 is 96.1 Å². The van der Waals surface area contributed by atoms with Crippen molar-refractivity contribution >= 4 is 18.3 Å². The third-order valence-corrected chi connectivity index (χ3v) is 5.93. The Morgan fingerprint density at radius 3 is 1.43 bits per heavy atom. The summed E-state index contributed by atoms with van der Waals surface area (Å²) in [6.07, 6.45) is -20.3. The molecule has 8 nitrogen and oxygen atoms in total. The first-order chi connectivity index (χ1) is 17.6. The van der Waals surface area contributed by atoms with E-state index in [-0.39, 0.29) is 0 Å². The fraction of sp³-hybridized carbons (Fsp3) is 0.800. The molecule has 1 aliphatic rings. The average Bonchev–Trinajstić information content (AvgIpc) is 2.66. The van der Waals surface area contributed by atoms with Crippen LogP contribution >= 0.6 is 0 Å². The van der Waals surface area contributed by atoms with Crippen molar-refractivity contribution in [3.63, 3.8) is 0 Å². The summed E-state index contributed by atoms with van der Waals surface area (Å²) in [5.41, 5.74) is -9.50. The van der Waals surface area contributed by atoms with Gasteiger partial charge < -0.3 is 23.7 Å². The van der Waals surface area contributed by atoms with Crippen molar-refractivity contribution in [3.05, 3.63) is 12.4 Å². The van der Waals surface area contributed by atoms with Crippen LogP contribution in [0.25, 0.3) is 0 Å². The minimum absolute atomic E-state index is 0.441. The summed E-state index contributed by atoms with van der Waals surface area (Å²) in [5.74, 6) is -7.37. The highest BCUT2D eigenvalue weighted by Gasteiger charge is 2.78. The predicted octanol–water partition coefficient (Wildman–Crippen LogP) is 7.34. The molecule has 1 fully saturated rings. The number of esters is 1. The fourth-order valence-corrected chi connectivity index (χ4v) is 4.27. The molecule has 1 rings (SSSR count). The van der Waals surface area contributed by atoms with Crippen LogP contribution in [0.2, 0.25) is 0 Å². The molecule has 0 aromatic rings. The molecule has 0 aromatic carbocycles. The maximum absolute atomic E-state index is 14.4. The summed E-state index contributed by atoms with van der Waals surface area (Å²) in [7, 11) is 0. The predicted molar refractivity (Wildman–Crippen MR) is 125 cm³/mol. The summed E-state index contributed by atoms with van der Waals surface area (Å²) in [4.78, 5) is 36.4. The Morgan fingerprint density at radius 1 is 0.650 bits per heavy atom. The lowest BCUT2D eigenvalue weighted by atomic mass is 9.66. The molecular weight excluding hydrogens is 561 g/mol. The van der Waals surface area contributed by atoms with Crippen molar-refractivity contribution in [2.24, 2.45) is 11.8 Å². The van der Waals surface area contributed by atoms with Gasteiger partial charge in [-0.15, -0.1) is 0 Å². The lowest BCUT2D eigenvalue weighted by molar-refractivity contribution is -0.390. The van der Waals surface area contributed by atoms with Gasteiger partial charge >= 0.3 is 36.2 Å². The lowest BCUT2D eigenvalue weighted by Gasteiger charge is -2.48. The maximum atomic E-state index is 14.4. The first-order valence-corrected chi connectivity index (χ1v) is 12.1. The molecule has 1 saturated carbocycles. The Hall–Kier alpha value is -2.74. The zero-order valence-corrected chi connectivity index (χ0v) is 23.5. The highest BCUT2D eigenvalue weighted by atomic mass is 19.4. The smallest absolute Gasteiger partial charge is 0.457 e. The van der Waals surface area contributed by atoms with Crippen LogP contribution in [0.15, 0.2) is 12.4 Å². The Bertz CT molecular complexity index is 944. The van der Waals surface area contributed by atoms with Crippen molar-refractivity contribution in [2.45, 2.75) is 116 Å². The van der Waals surface area contributed by atoms with E-state index >= 15 is 0 Å². The van der Waals surface area contributed by atoms with Gasteiger partial charge in [-0.2, -0.15) is 30.7 Å².